The standard InChI is InChI=1S/C16H23N3O3S.ClH/c17-12-15-6-1-2-8-18(15)16(20)13-5-3-7-14(11-13)19-9-4-10-23(19,21)22;/h3,5,7,11,15H,1-2,4,6,8-10,12,17H2;1H. The van der Waals surface area contributed by atoms with Crippen LogP contribution in [-0.2, 0) is 10.0 Å². The third-order valence-electron chi connectivity index (χ3n) is 4.64. The van der Waals surface area contributed by atoms with Gasteiger partial charge in [0.25, 0.3) is 5.91 Å². The van der Waals surface area contributed by atoms with Crippen molar-refractivity contribution in [1.82, 2.24) is 4.90 Å². The normalized spacial score (nSPS) is 23.0. The molecule has 2 aliphatic rings. The lowest BCUT2D eigenvalue weighted by Crippen LogP contribution is -2.47. The number of sulfonamides is 1. The van der Waals surface area contributed by atoms with Gasteiger partial charge in [0.2, 0.25) is 10.0 Å². The Labute approximate surface area is 149 Å². The van der Waals surface area contributed by atoms with E-state index < -0.39 is 10.0 Å². The Morgan fingerprint density at radius 1 is 1.21 bits per heavy atom. The van der Waals surface area contributed by atoms with Crippen molar-refractivity contribution in [3.8, 4) is 0 Å². The molecule has 1 amide bonds. The second-order valence-corrected chi connectivity index (χ2v) is 8.19. The summed E-state index contributed by atoms with van der Waals surface area (Å²) in [5.74, 6) is 0.116. The van der Waals surface area contributed by atoms with E-state index in [9.17, 15) is 13.2 Å². The molecule has 134 valence electrons. The molecule has 0 aromatic heterocycles. The zero-order chi connectivity index (χ0) is 16.4. The number of nitrogens with zero attached hydrogens (tertiary/aromatic N) is 2. The third kappa shape index (κ3) is 3.68. The maximum Gasteiger partial charge on any atom is 0.254 e. The number of hydrogen-bond acceptors (Lipinski definition) is 4. The van der Waals surface area contributed by atoms with Gasteiger partial charge in [-0.3, -0.25) is 9.10 Å². The van der Waals surface area contributed by atoms with Crippen LogP contribution in [0.2, 0.25) is 0 Å². The van der Waals surface area contributed by atoms with E-state index in [1.165, 1.54) is 4.31 Å². The Balaban J connectivity index is 0.00000208. The molecule has 2 heterocycles. The number of hydrogen-bond donors (Lipinski definition) is 1. The average Bonchev–Trinajstić information content (AvgIpc) is 2.93. The van der Waals surface area contributed by atoms with Crippen molar-refractivity contribution in [2.75, 3.05) is 29.7 Å². The molecule has 1 aromatic rings. The van der Waals surface area contributed by atoms with E-state index in [4.69, 9.17) is 5.73 Å². The van der Waals surface area contributed by atoms with Crippen molar-refractivity contribution in [2.45, 2.75) is 31.7 Å². The molecule has 8 heteroatoms. The molecule has 0 saturated carbocycles. The summed E-state index contributed by atoms with van der Waals surface area (Å²) in [5, 5.41) is 0. The first kappa shape index (κ1) is 19.0. The first-order chi connectivity index (χ1) is 11.0. The van der Waals surface area contributed by atoms with Crippen LogP contribution >= 0.6 is 12.4 Å². The number of carbonyl (C=O) groups is 1. The van der Waals surface area contributed by atoms with Gasteiger partial charge in [-0.1, -0.05) is 6.07 Å². The molecule has 2 N–H and O–H groups in total. The van der Waals surface area contributed by atoms with Gasteiger partial charge in [0.05, 0.1) is 11.4 Å². The number of piperidine rings is 1. The SMILES string of the molecule is Cl.NCC1CCCCN1C(=O)c1cccc(N2CCCS2(=O)=O)c1. The van der Waals surface area contributed by atoms with Crippen LogP contribution in [0.15, 0.2) is 24.3 Å². The van der Waals surface area contributed by atoms with Crippen LogP contribution < -0.4 is 10.0 Å². The molecular formula is C16H24ClN3O3S. The van der Waals surface area contributed by atoms with Crippen LogP contribution in [-0.4, -0.2) is 50.7 Å². The Hall–Kier alpha value is -1.31. The molecule has 6 nitrogen and oxygen atoms in total. The molecule has 0 spiro atoms. The van der Waals surface area contributed by atoms with Crippen LogP contribution in [0.5, 0.6) is 0 Å². The Morgan fingerprint density at radius 3 is 2.67 bits per heavy atom. The molecule has 2 fully saturated rings. The van der Waals surface area contributed by atoms with Crippen molar-refractivity contribution < 1.29 is 13.2 Å². The van der Waals surface area contributed by atoms with E-state index in [2.05, 4.69) is 0 Å². The number of benzene rings is 1. The molecule has 0 aliphatic carbocycles. The second-order valence-electron chi connectivity index (χ2n) is 6.18. The highest BCUT2D eigenvalue weighted by Crippen LogP contribution is 2.26. The van der Waals surface area contributed by atoms with Crippen LogP contribution in [0.25, 0.3) is 0 Å². The van der Waals surface area contributed by atoms with Crippen LogP contribution in [0.3, 0.4) is 0 Å². The highest BCUT2D eigenvalue weighted by molar-refractivity contribution is 7.93. The molecule has 1 aromatic carbocycles. The molecule has 24 heavy (non-hydrogen) atoms. The summed E-state index contributed by atoms with van der Waals surface area (Å²) in [5.41, 5.74) is 6.90. The Bertz CT molecular complexity index is 696. The van der Waals surface area contributed by atoms with E-state index >= 15 is 0 Å². The lowest BCUT2D eigenvalue weighted by molar-refractivity contribution is 0.0623. The molecule has 2 aliphatic heterocycles. The van der Waals surface area contributed by atoms with Crippen LogP contribution in [0, 0.1) is 0 Å². The number of halogens is 1. The molecule has 0 bridgehead atoms. The largest absolute Gasteiger partial charge is 0.334 e. The summed E-state index contributed by atoms with van der Waals surface area (Å²) >= 11 is 0. The van der Waals surface area contributed by atoms with Gasteiger partial charge in [-0.15, -0.1) is 12.4 Å². The van der Waals surface area contributed by atoms with Crippen molar-refractivity contribution in [3.05, 3.63) is 29.8 Å². The average molecular weight is 374 g/mol. The molecule has 0 radical (unpaired) electrons. The molecular weight excluding hydrogens is 350 g/mol. The fraction of sp³-hybridized carbons (Fsp3) is 0.562. The van der Waals surface area contributed by atoms with E-state index in [1.807, 2.05) is 4.90 Å². The maximum absolute atomic E-state index is 12.8. The van der Waals surface area contributed by atoms with E-state index in [0.717, 1.165) is 19.3 Å². The lowest BCUT2D eigenvalue weighted by Gasteiger charge is -2.35. The van der Waals surface area contributed by atoms with E-state index in [1.54, 1.807) is 24.3 Å². The predicted molar refractivity (Wildman–Crippen MR) is 97.2 cm³/mol. The second kappa shape index (κ2) is 7.72. The van der Waals surface area contributed by atoms with Gasteiger partial charge < -0.3 is 10.6 Å². The van der Waals surface area contributed by atoms with Gasteiger partial charge in [-0.25, -0.2) is 8.42 Å². The summed E-state index contributed by atoms with van der Waals surface area (Å²) in [6.45, 7) is 1.66. The fourth-order valence-electron chi connectivity index (χ4n) is 3.40. The number of amides is 1. The zero-order valence-electron chi connectivity index (χ0n) is 13.6. The highest BCUT2D eigenvalue weighted by Gasteiger charge is 2.30. The number of anilines is 1. The van der Waals surface area contributed by atoms with Crippen LogP contribution in [0.1, 0.15) is 36.0 Å². The van der Waals surface area contributed by atoms with E-state index in [0.29, 0.717) is 37.3 Å². The van der Waals surface area contributed by atoms with Gasteiger partial charge in [0.15, 0.2) is 0 Å². The fourth-order valence-corrected chi connectivity index (χ4v) is 4.96. The highest BCUT2D eigenvalue weighted by atomic mass is 35.5. The number of nitrogens with two attached hydrogens (primary N) is 1. The summed E-state index contributed by atoms with van der Waals surface area (Å²) < 4.78 is 25.5. The molecule has 2 saturated heterocycles. The molecule has 1 unspecified atom stereocenters. The minimum atomic E-state index is -3.23. The van der Waals surface area contributed by atoms with Gasteiger partial charge >= 0.3 is 0 Å². The summed E-state index contributed by atoms with van der Waals surface area (Å²) in [4.78, 5) is 14.6. The first-order valence-corrected chi connectivity index (χ1v) is 9.75. The third-order valence-corrected chi connectivity index (χ3v) is 6.51. The molecule has 1 atom stereocenters. The summed E-state index contributed by atoms with van der Waals surface area (Å²) in [6.07, 6.45) is 3.64. The maximum atomic E-state index is 12.8. The Morgan fingerprint density at radius 2 is 2.00 bits per heavy atom. The minimum Gasteiger partial charge on any atom is -0.334 e. The Kier molecular flexibility index (Phi) is 6.11. The van der Waals surface area contributed by atoms with Crippen molar-refractivity contribution in [1.29, 1.82) is 0 Å². The summed E-state index contributed by atoms with van der Waals surface area (Å²) in [7, 11) is -3.23. The van der Waals surface area contributed by atoms with Gasteiger partial charge in [-0.2, -0.15) is 0 Å². The van der Waals surface area contributed by atoms with Crippen molar-refractivity contribution in [3.63, 3.8) is 0 Å². The van der Waals surface area contributed by atoms with Crippen molar-refractivity contribution in [2.24, 2.45) is 5.73 Å². The van der Waals surface area contributed by atoms with Gasteiger partial charge in [0, 0.05) is 31.2 Å². The lowest BCUT2D eigenvalue weighted by atomic mass is 10.0. The predicted octanol–water partition coefficient (Wildman–Crippen LogP) is 1.60. The van der Waals surface area contributed by atoms with Crippen molar-refractivity contribution >= 4 is 34.0 Å². The summed E-state index contributed by atoms with van der Waals surface area (Å²) in [6, 6.07) is 7.01. The van der Waals surface area contributed by atoms with Gasteiger partial charge in [0.1, 0.15) is 0 Å². The minimum absolute atomic E-state index is 0. The molecule has 3 rings (SSSR count). The van der Waals surface area contributed by atoms with E-state index in [-0.39, 0.29) is 30.1 Å². The number of carbonyl (C=O) groups excluding carboxylic acids is 1. The topological polar surface area (TPSA) is 83.7 Å². The zero-order valence-corrected chi connectivity index (χ0v) is 15.2. The monoisotopic (exact) mass is 373 g/mol. The quantitative estimate of drug-likeness (QED) is 0.872. The first-order valence-electron chi connectivity index (χ1n) is 8.14. The number of likely N-dealkylation sites (tertiary alicyclic amines) is 1. The van der Waals surface area contributed by atoms with Gasteiger partial charge in [-0.05, 0) is 43.9 Å². The number of rotatable bonds is 3. The smallest absolute Gasteiger partial charge is 0.254 e. The van der Waals surface area contributed by atoms with Crippen LogP contribution in [0.4, 0.5) is 5.69 Å².